The molecule has 5 N–H and O–H groups in total. The number of carboxylic acids is 1. The average Bonchev–Trinajstić information content (AvgIpc) is 2.98. The second-order valence-corrected chi connectivity index (χ2v) is 12.2. The van der Waals surface area contributed by atoms with Gasteiger partial charge in [-0.2, -0.15) is 0 Å². The van der Waals surface area contributed by atoms with Crippen LogP contribution < -0.4 is 64.2 Å². The fraction of sp³-hybridized carbons (Fsp3) is 0.741. The molecule has 46 heavy (non-hydrogen) atoms. The molecule has 1 aromatic carbocycles. The number of aliphatic carboxylic acids is 1. The van der Waals surface area contributed by atoms with Gasteiger partial charge in [0.2, 0.25) is 10.4 Å². The number of rotatable bonds is 12. The Labute approximate surface area is 310 Å². The van der Waals surface area contributed by atoms with Crippen LogP contribution in [0, 0.1) is 0 Å². The molecule has 0 radical (unpaired) electrons. The molecule has 1 aromatic rings. The fourth-order valence-corrected chi connectivity index (χ4v) is 5.81. The van der Waals surface area contributed by atoms with Crippen molar-refractivity contribution in [2.24, 2.45) is 0 Å². The molecular weight excluding hydrogens is 658 g/mol. The Morgan fingerprint density at radius 2 is 1.46 bits per heavy atom. The second-order valence-electron chi connectivity index (χ2n) is 11.1. The van der Waals surface area contributed by atoms with Crippen LogP contribution in [0.3, 0.4) is 0 Å². The van der Waals surface area contributed by atoms with Crippen LogP contribution in [-0.2, 0) is 49.5 Å². The quantitative estimate of drug-likeness (QED) is 0.0773. The molecule has 3 fully saturated rings. The van der Waals surface area contributed by atoms with Crippen molar-refractivity contribution in [3.8, 4) is 0 Å². The first kappa shape index (κ1) is 42.3. The number of benzene rings is 1. The van der Waals surface area contributed by atoms with E-state index in [9.17, 15) is 48.4 Å². The van der Waals surface area contributed by atoms with Crippen molar-refractivity contribution >= 4 is 16.4 Å². The standard InChI is InChI=1S/C27H40O16S.2Na/c1-13-19(28)21(30)22(31)26(39-13)41-15-9-5-6-10-16(15)42-27-23(32)24(20(29)18(43-27)12-38-44(35,36)37)40-17(25(33)34)11-14-7-3-2-4-8-14;;/h2-4,7-8,13,15-24,26-32H,5-6,9-12H2,1H3,(H,33,34)(H,35,36,37);;/q;2*+1/p-2/t13-,15?,16+,17+,18-,19-,20+,21-,22-,23+,24+,26-,27?;;/m1../s1. The van der Waals surface area contributed by atoms with Gasteiger partial charge in [0.25, 0.3) is 0 Å². The van der Waals surface area contributed by atoms with Crippen molar-refractivity contribution in [3.05, 3.63) is 35.9 Å². The molecule has 0 aromatic heterocycles. The van der Waals surface area contributed by atoms with Crippen molar-refractivity contribution in [1.82, 2.24) is 0 Å². The minimum absolute atomic E-state index is 0. The molecule has 0 spiro atoms. The fourth-order valence-electron chi connectivity index (χ4n) is 5.51. The molecular formula is C27H38Na2O16S. The van der Waals surface area contributed by atoms with E-state index in [-0.39, 0.29) is 65.5 Å². The van der Waals surface area contributed by atoms with Gasteiger partial charge in [-0.05, 0) is 25.3 Å². The maximum atomic E-state index is 12.0. The third kappa shape index (κ3) is 11.3. The Kier molecular flexibility index (Phi) is 17.4. The summed E-state index contributed by atoms with van der Waals surface area (Å²) in [7, 11) is -5.23. The van der Waals surface area contributed by atoms with E-state index in [0.29, 0.717) is 31.2 Å². The summed E-state index contributed by atoms with van der Waals surface area (Å²) in [6, 6.07) is 8.33. The monoisotopic (exact) mass is 696 g/mol. The molecule has 13 atom stereocenters. The van der Waals surface area contributed by atoms with E-state index < -0.39 is 103 Å². The van der Waals surface area contributed by atoms with Gasteiger partial charge in [-0.25, -0.2) is 8.42 Å². The molecule has 2 unspecified atom stereocenters. The van der Waals surface area contributed by atoms with Crippen molar-refractivity contribution in [2.45, 2.75) is 119 Å². The molecule has 0 amide bonds. The predicted octanol–water partition coefficient (Wildman–Crippen LogP) is -9.16. The molecule has 250 valence electrons. The van der Waals surface area contributed by atoms with Gasteiger partial charge >= 0.3 is 59.1 Å². The summed E-state index contributed by atoms with van der Waals surface area (Å²) in [5.74, 6) is -1.65. The molecule has 1 saturated carbocycles. The maximum absolute atomic E-state index is 12.0. The van der Waals surface area contributed by atoms with E-state index in [4.69, 9.17) is 23.7 Å². The number of carbonyl (C=O) groups excluding carboxylic acids is 1. The van der Waals surface area contributed by atoms with E-state index >= 15 is 0 Å². The van der Waals surface area contributed by atoms with E-state index in [1.54, 1.807) is 30.3 Å². The van der Waals surface area contributed by atoms with Crippen molar-refractivity contribution in [2.75, 3.05) is 6.61 Å². The summed E-state index contributed by atoms with van der Waals surface area (Å²) in [4.78, 5) is 12.0. The first-order valence-corrected chi connectivity index (χ1v) is 15.6. The minimum atomic E-state index is -5.23. The summed E-state index contributed by atoms with van der Waals surface area (Å²) < 4.78 is 66.4. The molecule has 2 saturated heterocycles. The van der Waals surface area contributed by atoms with Crippen LogP contribution in [0.4, 0.5) is 0 Å². The summed E-state index contributed by atoms with van der Waals surface area (Å²) in [5.41, 5.74) is 0.546. The molecule has 19 heteroatoms. The number of carbonyl (C=O) groups is 1. The van der Waals surface area contributed by atoms with Gasteiger partial charge < -0.3 is 63.7 Å². The van der Waals surface area contributed by atoms with Gasteiger partial charge in [-0.15, -0.1) is 0 Å². The van der Waals surface area contributed by atoms with E-state index in [1.165, 1.54) is 6.92 Å². The van der Waals surface area contributed by atoms with Crippen LogP contribution in [0.2, 0.25) is 0 Å². The first-order chi connectivity index (χ1) is 20.7. The van der Waals surface area contributed by atoms with Crippen LogP contribution in [0.15, 0.2) is 30.3 Å². The third-order valence-corrected chi connectivity index (χ3v) is 8.36. The van der Waals surface area contributed by atoms with E-state index in [0.717, 1.165) is 0 Å². The number of ether oxygens (including phenoxy) is 5. The SMILES string of the molecule is C[C@H]1O[C@H](OC2CCCC[C@@H]2OC2O[C@H](COS(=O)(=O)[O-])[C@H](O)[C@H](O[C@@H](Cc3ccccc3)C(=O)[O-])[C@@H]2O)[C@H](O)[C@H](O)[C@@H]1O.[Na+].[Na+]. The number of hydrogen-bond donors (Lipinski definition) is 5. The van der Waals surface area contributed by atoms with Crippen molar-refractivity contribution in [1.29, 1.82) is 0 Å². The van der Waals surface area contributed by atoms with Crippen LogP contribution >= 0.6 is 0 Å². The zero-order valence-electron chi connectivity index (χ0n) is 25.8. The topological polar surface area (TPSA) is 254 Å². The second kappa shape index (κ2) is 19.0. The number of hydrogen-bond acceptors (Lipinski definition) is 16. The van der Waals surface area contributed by atoms with Crippen molar-refractivity contribution in [3.63, 3.8) is 0 Å². The van der Waals surface area contributed by atoms with Gasteiger partial charge in [0.05, 0.1) is 30.9 Å². The van der Waals surface area contributed by atoms with Gasteiger partial charge in [0, 0.05) is 6.42 Å². The normalized spacial score (nSPS) is 37.4. The molecule has 16 nitrogen and oxygen atoms in total. The van der Waals surface area contributed by atoms with Gasteiger partial charge in [0.15, 0.2) is 12.6 Å². The Bertz CT molecular complexity index is 1180. The molecule has 3 aliphatic rings. The Hall–Kier alpha value is 0.160. The summed E-state index contributed by atoms with van der Waals surface area (Å²) in [6.07, 6.45) is -16.9. The van der Waals surface area contributed by atoms with Crippen LogP contribution in [0.1, 0.15) is 38.2 Å². The summed E-state index contributed by atoms with van der Waals surface area (Å²) in [6.45, 7) is 0.490. The Balaban J connectivity index is 0.00000368. The average molecular weight is 697 g/mol. The zero-order valence-corrected chi connectivity index (χ0v) is 30.6. The molecule has 4 rings (SSSR count). The summed E-state index contributed by atoms with van der Waals surface area (Å²) >= 11 is 0. The molecule has 2 aliphatic heterocycles. The number of carboxylic acid groups (broad SMARTS) is 1. The molecule has 2 heterocycles. The Morgan fingerprint density at radius 3 is 2.00 bits per heavy atom. The Morgan fingerprint density at radius 1 is 0.891 bits per heavy atom. The third-order valence-electron chi connectivity index (χ3n) is 7.93. The van der Waals surface area contributed by atoms with Crippen LogP contribution in [-0.4, -0.2) is 131 Å². The van der Waals surface area contributed by atoms with Gasteiger partial charge in [-0.1, -0.05) is 43.2 Å². The van der Waals surface area contributed by atoms with Crippen LogP contribution in [0.25, 0.3) is 0 Å². The van der Waals surface area contributed by atoms with E-state index in [2.05, 4.69) is 4.18 Å². The largest absolute Gasteiger partial charge is 1.00 e. The number of aliphatic hydroxyl groups is 5. The molecule has 1 aliphatic carbocycles. The zero-order chi connectivity index (χ0) is 32.2. The van der Waals surface area contributed by atoms with Gasteiger partial charge in [0.1, 0.15) is 48.8 Å². The molecule has 0 bridgehead atoms. The summed E-state index contributed by atoms with van der Waals surface area (Å²) in [5, 5.41) is 64.6. The van der Waals surface area contributed by atoms with Crippen molar-refractivity contribution < 1.29 is 135 Å². The minimum Gasteiger partial charge on any atom is -0.726 e. The number of aliphatic hydroxyl groups excluding tert-OH is 5. The first-order valence-electron chi connectivity index (χ1n) is 14.3. The van der Waals surface area contributed by atoms with Gasteiger partial charge in [-0.3, -0.25) is 4.18 Å². The van der Waals surface area contributed by atoms with Crippen LogP contribution in [0.5, 0.6) is 0 Å². The maximum Gasteiger partial charge on any atom is 1.00 e. The predicted molar refractivity (Wildman–Crippen MR) is 141 cm³/mol. The van der Waals surface area contributed by atoms with E-state index in [1.807, 2.05) is 0 Å². The smallest absolute Gasteiger partial charge is 0.726 e.